The van der Waals surface area contributed by atoms with Gasteiger partial charge in [-0.25, -0.2) is 0 Å². The number of anilines is 1. The average Bonchev–Trinajstić information content (AvgIpc) is 2.59. The fourth-order valence-electron chi connectivity index (χ4n) is 1.72. The Hall–Kier alpha value is -2.10. The minimum Gasteiger partial charge on any atom is -0.399 e. The standard InChI is InChI=1S/C12H12N2O2/c1-8(9-2-4-10(13)5-3-9)14-11(15)6-7-12(14)16/h2-8H,13H2,1H3. The van der Waals surface area contributed by atoms with E-state index in [9.17, 15) is 9.59 Å². The molecule has 4 heteroatoms. The predicted octanol–water partition coefficient (Wildman–Crippen LogP) is 1.25. The molecule has 1 aliphatic heterocycles. The van der Waals surface area contributed by atoms with Crippen LogP contribution in [0.3, 0.4) is 0 Å². The number of nitrogens with zero attached hydrogens (tertiary/aromatic N) is 1. The van der Waals surface area contributed by atoms with Crippen LogP contribution >= 0.6 is 0 Å². The van der Waals surface area contributed by atoms with Crippen molar-refractivity contribution in [3.05, 3.63) is 42.0 Å². The summed E-state index contributed by atoms with van der Waals surface area (Å²) in [5.74, 6) is -0.538. The maximum atomic E-state index is 11.5. The summed E-state index contributed by atoms with van der Waals surface area (Å²) < 4.78 is 0. The monoisotopic (exact) mass is 216 g/mol. The Bertz CT molecular complexity index is 444. The maximum Gasteiger partial charge on any atom is 0.254 e. The lowest BCUT2D eigenvalue weighted by atomic mass is 10.1. The van der Waals surface area contributed by atoms with Crippen molar-refractivity contribution in [2.75, 3.05) is 5.73 Å². The van der Waals surface area contributed by atoms with Crippen molar-refractivity contribution in [3.63, 3.8) is 0 Å². The zero-order valence-corrected chi connectivity index (χ0v) is 8.88. The topological polar surface area (TPSA) is 63.4 Å². The van der Waals surface area contributed by atoms with Gasteiger partial charge < -0.3 is 5.73 Å². The van der Waals surface area contributed by atoms with Crippen molar-refractivity contribution in [1.29, 1.82) is 0 Å². The van der Waals surface area contributed by atoms with Crippen LogP contribution in [0.25, 0.3) is 0 Å². The molecule has 82 valence electrons. The molecule has 0 aliphatic carbocycles. The minimum atomic E-state index is -0.269. The number of hydrogen-bond acceptors (Lipinski definition) is 3. The van der Waals surface area contributed by atoms with Crippen LogP contribution in [0.5, 0.6) is 0 Å². The van der Waals surface area contributed by atoms with Crippen LogP contribution in [0.1, 0.15) is 18.5 Å². The number of amides is 2. The highest BCUT2D eigenvalue weighted by molar-refractivity contribution is 6.13. The molecular weight excluding hydrogens is 204 g/mol. The molecule has 0 radical (unpaired) electrons. The first-order chi connectivity index (χ1) is 7.59. The second-order valence-corrected chi connectivity index (χ2v) is 3.72. The summed E-state index contributed by atoms with van der Waals surface area (Å²) in [5.41, 5.74) is 7.12. The summed E-state index contributed by atoms with van der Waals surface area (Å²) in [6, 6.07) is 6.88. The Labute approximate surface area is 93.3 Å². The third-order valence-electron chi connectivity index (χ3n) is 2.65. The molecule has 0 bridgehead atoms. The molecule has 0 fully saturated rings. The Morgan fingerprint density at radius 1 is 1.06 bits per heavy atom. The number of imide groups is 1. The van der Waals surface area contributed by atoms with Gasteiger partial charge >= 0.3 is 0 Å². The van der Waals surface area contributed by atoms with E-state index in [0.29, 0.717) is 5.69 Å². The van der Waals surface area contributed by atoms with Crippen molar-refractivity contribution >= 4 is 17.5 Å². The van der Waals surface area contributed by atoms with E-state index in [-0.39, 0.29) is 17.9 Å². The van der Waals surface area contributed by atoms with Crippen molar-refractivity contribution in [1.82, 2.24) is 4.90 Å². The number of rotatable bonds is 2. The number of nitrogen functional groups attached to an aromatic ring is 1. The molecule has 1 atom stereocenters. The predicted molar refractivity (Wildman–Crippen MR) is 60.3 cm³/mol. The summed E-state index contributed by atoms with van der Waals surface area (Å²) >= 11 is 0. The first-order valence-electron chi connectivity index (χ1n) is 5.00. The van der Waals surface area contributed by atoms with Crippen LogP contribution in [0, 0.1) is 0 Å². The molecule has 1 aromatic carbocycles. The third kappa shape index (κ3) is 1.69. The molecule has 0 saturated carbocycles. The largest absolute Gasteiger partial charge is 0.399 e. The number of carbonyl (C=O) groups is 2. The fraction of sp³-hybridized carbons (Fsp3) is 0.167. The van der Waals surface area contributed by atoms with Crippen LogP contribution in [0.2, 0.25) is 0 Å². The van der Waals surface area contributed by atoms with E-state index in [1.165, 1.54) is 17.1 Å². The van der Waals surface area contributed by atoms with E-state index < -0.39 is 0 Å². The SMILES string of the molecule is CC(c1ccc(N)cc1)N1C(=O)C=CC1=O. The molecule has 2 N–H and O–H groups in total. The van der Waals surface area contributed by atoms with Crippen molar-refractivity contribution in [2.24, 2.45) is 0 Å². The Morgan fingerprint density at radius 3 is 2.06 bits per heavy atom. The molecule has 1 heterocycles. The first kappa shape index (κ1) is 10.4. The number of benzene rings is 1. The molecule has 2 rings (SSSR count). The highest BCUT2D eigenvalue weighted by atomic mass is 16.2. The molecule has 1 aliphatic rings. The summed E-state index contributed by atoms with van der Waals surface area (Å²) in [6.45, 7) is 1.81. The molecule has 1 aromatic rings. The van der Waals surface area contributed by atoms with Gasteiger partial charge in [-0.05, 0) is 24.6 Å². The summed E-state index contributed by atoms with van der Waals surface area (Å²) in [4.78, 5) is 24.1. The summed E-state index contributed by atoms with van der Waals surface area (Å²) in [6.07, 6.45) is 2.58. The van der Waals surface area contributed by atoms with Crippen LogP contribution in [-0.2, 0) is 9.59 Å². The van der Waals surface area contributed by atoms with Crippen LogP contribution in [-0.4, -0.2) is 16.7 Å². The Morgan fingerprint density at radius 2 is 1.56 bits per heavy atom. The molecular formula is C12H12N2O2. The Balaban J connectivity index is 2.25. The van der Waals surface area contributed by atoms with Gasteiger partial charge in [0.15, 0.2) is 0 Å². The van der Waals surface area contributed by atoms with Gasteiger partial charge in [-0.15, -0.1) is 0 Å². The first-order valence-corrected chi connectivity index (χ1v) is 5.00. The van der Waals surface area contributed by atoms with Crippen LogP contribution in [0.15, 0.2) is 36.4 Å². The highest BCUT2D eigenvalue weighted by Crippen LogP contribution is 2.24. The average molecular weight is 216 g/mol. The van der Waals surface area contributed by atoms with E-state index in [1.807, 2.05) is 19.1 Å². The molecule has 2 amide bonds. The molecule has 0 spiro atoms. The summed E-state index contributed by atoms with van der Waals surface area (Å²) in [5, 5.41) is 0. The second-order valence-electron chi connectivity index (χ2n) is 3.72. The summed E-state index contributed by atoms with van der Waals surface area (Å²) in [7, 11) is 0. The van der Waals surface area contributed by atoms with Gasteiger partial charge in [0.05, 0.1) is 6.04 Å². The normalized spacial score (nSPS) is 16.9. The molecule has 16 heavy (non-hydrogen) atoms. The van der Waals surface area contributed by atoms with E-state index in [4.69, 9.17) is 5.73 Å². The van der Waals surface area contributed by atoms with Crippen molar-refractivity contribution in [3.8, 4) is 0 Å². The highest BCUT2D eigenvalue weighted by Gasteiger charge is 2.28. The van der Waals surface area contributed by atoms with Gasteiger partial charge in [-0.2, -0.15) is 0 Å². The van der Waals surface area contributed by atoms with Gasteiger partial charge in [0.25, 0.3) is 11.8 Å². The quantitative estimate of drug-likeness (QED) is 0.597. The third-order valence-corrected chi connectivity index (χ3v) is 2.65. The molecule has 0 aromatic heterocycles. The van der Waals surface area contributed by atoms with Crippen molar-refractivity contribution < 1.29 is 9.59 Å². The Kier molecular flexibility index (Phi) is 2.48. The van der Waals surface area contributed by atoms with Gasteiger partial charge in [-0.1, -0.05) is 12.1 Å². The molecule has 0 saturated heterocycles. The van der Waals surface area contributed by atoms with Gasteiger partial charge in [0, 0.05) is 17.8 Å². The fourth-order valence-corrected chi connectivity index (χ4v) is 1.72. The number of carbonyl (C=O) groups excluding carboxylic acids is 2. The molecule has 4 nitrogen and oxygen atoms in total. The van der Waals surface area contributed by atoms with E-state index in [1.54, 1.807) is 12.1 Å². The lowest BCUT2D eigenvalue weighted by molar-refractivity contribution is -0.139. The number of hydrogen-bond donors (Lipinski definition) is 1. The second kappa shape index (κ2) is 3.81. The lowest BCUT2D eigenvalue weighted by Gasteiger charge is -2.22. The smallest absolute Gasteiger partial charge is 0.254 e. The van der Waals surface area contributed by atoms with Gasteiger partial charge in [0.2, 0.25) is 0 Å². The van der Waals surface area contributed by atoms with E-state index >= 15 is 0 Å². The maximum absolute atomic E-state index is 11.5. The van der Waals surface area contributed by atoms with Crippen LogP contribution in [0.4, 0.5) is 5.69 Å². The van der Waals surface area contributed by atoms with Crippen LogP contribution < -0.4 is 5.73 Å². The molecule has 1 unspecified atom stereocenters. The van der Waals surface area contributed by atoms with Crippen molar-refractivity contribution in [2.45, 2.75) is 13.0 Å². The minimum absolute atomic E-state index is 0.268. The van der Waals surface area contributed by atoms with E-state index in [0.717, 1.165) is 5.56 Å². The van der Waals surface area contributed by atoms with Gasteiger partial charge in [0.1, 0.15) is 0 Å². The lowest BCUT2D eigenvalue weighted by Crippen LogP contribution is -2.32. The van der Waals surface area contributed by atoms with E-state index in [2.05, 4.69) is 0 Å². The van der Waals surface area contributed by atoms with Gasteiger partial charge in [-0.3, -0.25) is 14.5 Å². The zero-order chi connectivity index (χ0) is 11.7. The zero-order valence-electron chi connectivity index (χ0n) is 8.88. The number of nitrogens with two attached hydrogens (primary N) is 1.